The van der Waals surface area contributed by atoms with Crippen LogP contribution in [0.2, 0.25) is 0 Å². The predicted octanol–water partition coefficient (Wildman–Crippen LogP) is 5.46. The highest BCUT2D eigenvalue weighted by atomic mass is 16.5. The van der Waals surface area contributed by atoms with Gasteiger partial charge >= 0.3 is 0 Å². The van der Waals surface area contributed by atoms with Gasteiger partial charge < -0.3 is 28.7 Å². The Labute approximate surface area is 266 Å². The number of hydrogen-bond donors (Lipinski definition) is 0. The van der Waals surface area contributed by atoms with Crippen LogP contribution in [0.5, 0.6) is 17.2 Å². The minimum Gasteiger partial charge on any atom is -0.497 e. The van der Waals surface area contributed by atoms with E-state index in [-0.39, 0.29) is 30.4 Å². The van der Waals surface area contributed by atoms with E-state index >= 15 is 0 Å². The molecule has 2 aliphatic rings. The third-order valence-electron chi connectivity index (χ3n) is 8.73. The van der Waals surface area contributed by atoms with E-state index in [0.717, 1.165) is 30.8 Å². The Morgan fingerprint density at radius 2 is 1.51 bits per heavy atom. The summed E-state index contributed by atoms with van der Waals surface area (Å²) < 4.78 is 22.3. The fraction of sp³-hybridized carbons (Fsp3) is 0.444. The molecule has 0 saturated carbocycles. The molecule has 2 heterocycles. The average molecular weight is 616 g/mol. The number of methoxy groups -OCH3 is 3. The molecule has 0 aliphatic carbocycles. The molecule has 4 atom stereocenters. The fourth-order valence-electron chi connectivity index (χ4n) is 6.67. The molecule has 0 radical (unpaired) electrons. The Bertz CT molecular complexity index is 1450. The Balaban J connectivity index is 1.38. The van der Waals surface area contributed by atoms with Crippen LogP contribution in [0.25, 0.3) is 0 Å². The summed E-state index contributed by atoms with van der Waals surface area (Å²) >= 11 is 0. The third-order valence-corrected chi connectivity index (χ3v) is 8.73. The maximum absolute atomic E-state index is 14.2. The van der Waals surface area contributed by atoms with Crippen molar-refractivity contribution in [3.63, 3.8) is 0 Å². The number of piperidine rings is 1. The normalized spacial score (nSPS) is 22.2. The van der Waals surface area contributed by atoms with E-state index in [1.54, 1.807) is 31.1 Å². The summed E-state index contributed by atoms with van der Waals surface area (Å²) in [6.07, 6.45) is 1.17. The van der Waals surface area contributed by atoms with Gasteiger partial charge in [-0.3, -0.25) is 14.5 Å². The Morgan fingerprint density at radius 3 is 2.13 bits per heavy atom. The van der Waals surface area contributed by atoms with Gasteiger partial charge in [-0.05, 0) is 73.4 Å². The van der Waals surface area contributed by atoms with Crippen molar-refractivity contribution in [3.8, 4) is 17.2 Å². The van der Waals surface area contributed by atoms with Gasteiger partial charge in [0.05, 0.1) is 45.5 Å². The van der Waals surface area contributed by atoms with E-state index < -0.39 is 12.0 Å². The molecule has 2 saturated heterocycles. The molecule has 9 heteroatoms. The first-order valence-corrected chi connectivity index (χ1v) is 15.6. The largest absolute Gasteiger partial charge is 0.497 e. The van der Waals surface area contributed by atoms with Gasteiger partial charge in [-0.2, -0.15) is 0 Å². The first kappa shape index (κ1) is 32.3. The van der Waals surface area contributed by atoms with Crippen LogP contribution >= 0.6 is 0 Å². The van der Waals surface area contributed by atoms with E-state index in [1.807, 2.05) is 49.5 Å². The molecule has 5 rings (SSSR count). The molecular formula is C36H45N3O6. The van der Waals surface area contributed by atoms with E-state index in [0.29, 0.717) is 35.9 Å². The summed E-state index contributed by atoms with van der Waals surface area (Å²) in [4.78, 5) is 33.7. The molecule has 9 nitrogen and oxygen atoms in total. The lowest BCUT2D eigenvalue weighted by Crippen LogP contribution is -2.48. The van der Waals surface area contributed by atoms with Crippen LogP contribution in [0.4, 0.5) is 5.69 Å². The zero-order valence-corrected chi connectivity index (χ0v) is 27.2. The lowest BCUT2D eigenvalue weighted by molar-refractivity contribution is -0.137. The lowest BCUT2D eigenvalue weighted by Gasteiger charge is -2.42. The van der Waals surface area contributed by atoms with Crippen LogP contribution in [-0.4, -0.2) is 75.3 Å². The highest BCUT2D eigenvalue weighted by Gasteiger charge is 2.42. The van der Waals surface area contributed by atoms with Crippen molar-refractivity contribution in [2.24, 2.45) is 5.92 Å². The molecule has 0 aromatic heterocycles. The number of ether oxygens (including phenoxy) is 4. The minimum absolute atomic E-state index is 0.0128. The van der Waals surface area contributed by atoms with Crippen LogP contribution < -0.4 is 19.1 Å². The third kappa shape index (κ3) is 7.43. The number of morpholine rings is 1. The summed E-state index contributed by atoms with van der Waals surface area (Å²) in [5.41, 5.74) is 3.81. The van der Waals surface area contributed by atoms with Gasteiger partial charge in [-0.25, -0.2) is 0 Å². The topological polar surface area (TPSA) is 80.8 Å². The molecule has 3 aromatic carbocycles. The van der Waals surface area contributed by atoms with Crippen molar-refractivity contribution >= 4 is 17.5 Å². The number of hydrogen-bond acceptors (Lipinski definition) is 7. The number of nitrogens with zero attached hydrogens (tertiary/aromatic N) is 3. The summed E-state index contributed by atoms with van der Waals surface area (Å²) in [6.45, 7) is 7.41. The number of carbonyl (C=O) groups excluding carboxylic acids is 2. The first-order valence-electron chi connectivity index (χ1n) is 15.6. The van der Waals surface area contributed by atoms with Gasteiger partial charge in [0, 0.05) is 45.3 Å². The summed E-state index contributed by atoms with van der Waals surface area (Å²) in [5, 5.41) is 0. The van der Waals surface area contributed by atoms with Crippen LogP contribution in [0, 0.1) is 5.92 Å². The van der Waals surface area contributed by atoms with Crippen LogP contribution in [0.3, 0.4) is 0 Å². The fourth-order valence-corrected chi connectivity index (χ4v) is 6.67. The molecule has 3 aromatic rings. The van der Waals surface area contributed by atoms with Crippen LogP contribution in [-0.2, 0) is 27.4 Å². The number of anilines is 1. The van der Waals surface area contributed by atoms with E-state index in [4.69, 9.17) is 18.9 Å². The zero-order chi connectivity index (χ0) is 32.1. The molecule has 0 spiro atoms. The van der Waals surface area contributed by atoms with E-state index in [2.05, 4.69) is 43.0 Å². The quantitative estimate of drug-likeness (QED) is 0.300. The Kier molecular flexibility index (Phi) is 10.3. The molecule has 2 unspecified atom stereocenters. The SMILES string of the molecule is COc1ccc(N2C(=O)CCC(C(=O)N(C)Cc3ccc(CN4C[C@@H](C)O[C@@H](C)C4)cc3)C2c2ccc(OC)c(OC)c2)cc1. The van der Waals surface area contributed by atoms with Gasteiger partial charge in [0.15, 0.2) is 11.5 Å². The number of carbonyl (C=O) groups is 2. The van der Waals surface area contributed by atoms with Crippen molar-refractivity contribution in [1.82, 2.24) is 9.80 Å². The number of amides is 2. The molecule has 2 fully saturated rings. The smallest absolute Gasteiger partial charge is 0.228 e. The second-order valence-electron chi connectivity index (χ2n) is 12.1. The lowest BCUT2D eigenvalue weighted by atomic mass is 9.82. The second kappa shape index (κ2) is 14.3. The monoisotopic (exact) mass is 615 g/mol. The molecule has 240 valence electrons. The van der Waals surface area contributed by atoms with Gasteiger partial charge in [-0.15, -0.1) is 0 Å². The summed E-state index contributed by atoms with van der Waals surface area (Å²) in [5.74, 6) is 1.31. The number of rotatable bonds is 10. The van der Waals surface area contributed by atoms with Crippen molar-refractivity contribution in [2.75, 3.05) is 46.4 Å². The molecule has 45 heavy (non-hydrogen) atoms. The average Bonchev–Trinajstić information content (AvgIpc) is 3.04. The number of benzene rings is 3. The van der Waals surface area contributed by atoms with Gasteiger partial charge in [0.1, 0.15) is 5.75 Å². The van der Waals surface area contributed by atoms with Crippen LogP contribution in [0.15, 0.2) is 66.7 Å². The molecule has 0 N–H and O–H groups in total. The maximum atomic E-state index is 14.2. The van der Waals surface area contributed by atoms with Crippen molar-refractivity contribution in [2.45, 2.75) is 58.0 Å². The van der Waals surface area contributed by atoms with Gasteiger partial charge in [-0.1, -0.05) is 30.3 Å². The van der Waals surface area contributed by atoms with Crippen molar-refractivity contribution < 1.29 is 28.5 Å². The first-order chi connectivity index (χ1) is 21.7. The molecule has 2 amide bonds. The van der Waals surface area contributed by atoms with Crippen molar-refractivity contribution in [3.05, 3.63) is 83.4 Å². The highest BCUT2D eigenvalue weighted by Crippen LogP contribution is 2.43. The molecular weight excluding hydrogens is 570 g/mol. The molecule has 0 bridgehead atoms. The van der Waals surface area contributed by atoms with Gasteiger partial charge in [0.25, 0.3) is 0 Å². The summed E-state index contributed by atoms with van der Waals surface area (Å²) in [7, 11) is 6.62. The molecule has 2 aliphatic heterocycles. The minimum atomic E-state index is -0.532. The van der Waals surface area contributed by atoms with E-state index in [1.165, 1.54) is 5.56 Å². The zero-order valence-electron chi connectivity index (χ0n) is 27.2. The maximum Gasteiger partial charge on any atom is 0.228 e. The Morgan fingerprint density at radius 1 is 0.867 bits per heavy atom. The second-order valence-corrected chi connectivity index (χ2v) is 12.1. The standard InChI is InChI=1S/C36H45N3O6/c1-24-20-38(21-25(2)45-24)23-27-9-7-26(8-10-27)22-37(3)36(41)31-16-18-34(40)39(29-12-14-30(42-4)15-13-29)35(31)28-11-17-32(43-5)33(19-28)44-6/h7-15,17,19,24-25,31,35H,16,18,20-23H2,1-6H3/t24-,25+,31?,35?. The highest BCUT2D eigenvalue weighted by molar-refractivity contribution is 5.97. The van der Waals surface area contributed by atoms with Crippen molar-refractivity contribution in [1.29, 1.82) is 0 Å². The Hall–Kier alpha value is -4.08. The van der Waals surface area contributed by atoms with Gasteiger partial charge in [0.2, 0.25) is 11.8 Å². The predicted molar refractivity (Wildman–Crippen MR) is 174 cm³/mol. The summed E-state index contributed by atoms with van der Waals surface area (Å²) in [6, 6.07) is 21.0. The van der Waals surface area contributed by atoms with E-state index in [9.17, 15) is 9.59 Å². The van der Waals surface area contributed by atoms with Crippen LogP contribution in [0.1, 0.15) is 49.4 Å².